The number of amides is 2. The summed E-state index contributed by atoms with van der Waals surface area (Å²) in [6.45, 7) is 3.73. The van der Waals surface area contributed by atoms with Gasteiger partial charge in [0.1, 0.15) is 0 Å². The van der Waals surface area contributed by atoms with E-state index in [-0.39, 0.29) is 17.1 Å². The summed E-state index contributed by atoms with van der Waals surface area (Å²) in [6.07, 6.45) is 0. The first-order chi connectivity index (χ1) is 12.4. The minimum absolute atomic E-state index is 0.0595. The summed E-state index contributed by atoms with van der Waals surface area (Å²) in [4.78, 5) is 25.5. The lowest BCUT2D eigenvalue weighted by molar-refractivity contribution is -0.115. The second-order valence-corrected chi connectivity index (χ2v) is 7.32. The van der Waals surface area contributed by atoms with Crippen molar-refractivity contribution in [1.29, 1.82) is 0 Å². The Balaban J connectivity index is 1.85. The van der Waals surface area contributed by atoms with Crippen LogP contribution in [0.3, 0.4) is 0 Å². The van der Waals surface area contributed by atoms with Crippen molar-refractivity contribution in [2.75, 3.05) is 24.9 Å². The Labute approximate surface area is 156 Å². The molecule has 1 aliphatic rings. The Morgan fingerprint density at radius 1 is 1.15 bits per heavy atom. The van der Waals surface area contributed by atoms with E-state index in [1.54, 1.807) is 38.5 Å². The van der Waals surface area contributed by atoms with Crippen molar-refractivity contribution < 1.29 is 19.1 Å². The second kappa shape index (κ2) is 7.29. The summed E-state index contributed by atoms with van der Waals surface area (Å²) >= 11 is 1.48. The molecule has 0 fully saturated rings. The highest BCUT2D eigenvalue weighted by Gasteiger charge is 2.24. The topological polar surface area (TPSA) is 76.7 Å². The number of carbonyl (C=O) groups excluding carboxylic acids is 2. The number of hydrogen-bond acceptors (Lipinski definition) is 5. The van der Waals surface area contributed by atoms with Crippen LogP contribution in [0.25, 0.3) is 0 Å². The van der Waals surface area contributed by atoms with Crippen LogP contribution >= 0.6 is 11.8 Å². The molecule has 0 saturated carbocycles. The number of methoxy groups -OCH3 is 2. The highest BCUT2D eigenvalue weighted by atomic mass is 32.2. The van der Waals surface area contributed by atoms with Gasteiger partial charge in [-0.15, -0.1) is 11.8 Å². The van der Waals surface area contributed by atoms with Gasteiger partial charge in [-0.3, -0.25) is 9.59 Å². The van der Waals surface area contributed by atoms with Gasteiger partial charge in [-0.05, 0) is 43.7 Å². The average molecular weight is 372 g/mol. The van der Waals surface area contributed by atoms with E-state index in [2.05, 4.69) is 10.6 Å². The van der Waals surface area contributed by atoms with E-state index in [4.69, 9.17) is 9.47 Å². The molecule has 2 amide bonds. The van der Waals surface area contributed by atoms with E-state index in [0.29, 0.717) is 28.4 Å². The second-order valence-electron chi connectivity index (χ2n) is 5.94. The number of carbonyl (C=O) groups is 2. The minimum atomic E-state index is -0.263. The van der Waals surface area contributed by atoms with Crippen molar-refractivity contribution in [2.45, 2.75) is 24.0 Å². The van der Waals surface area contributed by atoms with Crippen molar-refractivity contribution in [3.8, 4) is 11.5 Å². The molecule has 0 aliphatic carbocycles. The zero-order valence-corrected chi connectivity index (χ0v) is 15.8. The Kier molecular flexibility index (Phi) is 5.08. The van der Waals surface area contributed by atoms with Crippen molar-refractivity contribution in [3.05, 3.63) is 41.5 Å². The quantitative estimate of drug-likeness (QED) is 0.856. The molecule has 1 heterocycles. The maximum atomic E-state index is 12.6. The maximum Gasteiger partial charge on any atom is 0.255 e. The highest BCUT2D eigenvalue weighted by molar-refractivity contribution is 8.00. The molecule has 2 aromatic carbocycles. The lowest BCUT2D eigenvalue weighted by Gasteiger charge is -2.21. The van der Waals surface area contributed by atoms with Gasteiger partial charge in [-0.25, -0.2) is 0 Å². The molecule has 0 saturated heterocycles. The third kappa shape index (κ3) is 3.48. The highest BCUT2D eigenvalue weighted by Crippen LogP contribution is 2.36. The fourth-order valence-corrected chi connectivity index (χ4v) is 3.59. The van der Waals surface area contributed by atoms with Gasteiger partial charge >= 0.3 is 0 Å². The summed E-state index contributed by atoms with van der Waals surface area (Å²) < 4.78 is 10.6. The lowest BCUT2D eigenvalue weighted by Crippen LogP contribution is -2.26. The first kappa shape index (κ1) is 18.1. The van der Waals surface area contributed by atoms with Crippen LogP contribution in [0.15, 0.2) is 35.2 Å². The van der Waals surface area contributed by atoms with Gasteiger partial charge in [0, 0.05) is 22.2 Å². The summed E-state index contributed by atoms with van der Waals surface area (Å²) in [6, 6.07) is 8.83. The normalized spacial score (nSPS) is 15.7. The number of thioether (sulfide) groups is 1. The molecule has 0 spiro atoms. The Morgan fingerprint density at radius 2 is 1.85 bits per heavy atom. The van der Waals surface area contributed by atoms with E-state index in [1.165, 1.54) is 11.8 Å². The summed E-state index contributed by atoms with van der Waals surface area (Å²) in [5.74, 6) is 0.818. The molecular formula is C19H20N2O4S. The predicted molar refractivity (Wildman–Crippen MR) is 103 cm³/mol. The fraction of sp³-hybridized carbons (Fsp3) is 0.263. The summed E-state index contributed by atoms with van der Waals surface area (Å²) in [5.41, 5.74) is 2.62. The fourth-order valence-electron chi connectivity index (χ4n) is 2.66. The van der Waals surface area contributed by atoms with Gasteiger partial charge in [0.05, 0.1) is 25.2 Å². The largest absolute Gasteiger partial charge is 0.493 e. The van der Waals surface area contributed by atoms with Crippen molar-refractivity contribution in [1.82, 2.24) is 0 Å². The number of benzene rings is 2. The summed E-state index contributed by atoms with van der Waals surface area (Å²) in [5, 5.41) is 5.58. The third-order valence-corrected chi connectivity index (χ3v) is 5.33. The van der Waals surface area contributed by atoms with Gasteiger partial charge in [0.25, 0.3) is 5.91 Å². The average Bonchev–Trinajstić information content (AvgIpc) is 2.63. The van der Waals surface area contributed by atoms with Crippen LogP contribution in [0.5, 0.6) is 11.5 Å². The maximum absolute atomic E-state index is 12.6. The van der Waals surface area contributed by atoms with Crippen LogP contribution in [0.4, 0.5) is 11.4 Å². The monoisotopic (exact) mass is 372 g/mol. The molecule has 0 bridgehead atoms. The van der Waals surface area contributed by atoms with Crippen LogP contribution in [0.1, 0.15) is 22.8 Å². The van der Waals surface area contributed by atoms with Crippen LogP contribution in [0.2, 0.25) is 0 Å². The van der Waals surface area contributed by atoms with Gasteiger partial charge in [0.15, 0.2) is 11.5 Å². The van der Waals surface area contributed by atoms with Gasteiger partial charge in [-0.1, -0.05) is 0 Å². The van der Waals surface area contributed by atoms with Crippen LogP contribution in [-0.2, 0) is 4.79 Å². The third-order valence-electron chi connectivity index (χ3n) is 4.15. The zero-order valence-electron chi connectivity index (χ0n) is 15.0. The van der Waals surface area contributed by atoms with Crippen LogP contribution < -0.4 is 20.1 Å². The molecule has 0 radical (unpaired) electrons. The molecule has 0 unspecified atom stereocenters. The summed E-state index contributed by atoms with van der Waals surface area (Å²) in [7, 11) is 3.11. The van der Waals surface area contributed by atoms with Crippen molar-refractivity contribution in [2.24, 2.45) is 0 Å². The van der Waals surface area contributed by atoms with Crippen LogP contribution in [0, 0.1) is 6.92 Å². The van der Waals surface area contributed by atoms with E-state index in [0.717, 1.165) is 10.5 Å². The lowest BCUT2D eigenvalue weighted by atomic mass is 10.1. The molecule has 136 valence electrons. The van der Waals surface area contributed by atoms with E-state index in [1.807, 2.05) is 19.9 Å². The van der Waals surface area contributed by atoms with Gasteiger partial charge in [-0.2, -0.15) is 0 Å². The molecule has 2 N–H and O–H groups in total. The standard InChI is InChI=1S/C19H20N2O4S/c1-10-7-15(24-3)16(25-4)9-13(10)20-19(23)12-5-6-17-14(8-12)21-18(22)11(2)26-17/h5-9,11H,1-4H3,(H,20,23)(H,21,22)/t11-/m1/s1. The Bertz CT molecular complexity index is 882. The number of fused-ring (bicyclic) bond motifs is 1. The smallest absolute Gasteiger partial charge is 0.255 e. The number of aryl methyl sites for hydroxylation is 1. The Morgan fingerprint density at radius 3 is 2.54 bits per heavy atom. The molecule has 1 atom stereocenters. The zero-order chi connectivity index (χ0) is 18.8. The molecule has 7 heteroatoms. The van der Waals surface area contributed by atoms with E-state index >= 15 is 0 Å². The first-order valence-corrected chi connectivity index (χ1v) is 8.96. The predicted octanol–water partition coefficient (Wildman–Crippen LogP) is 3.70. The van der Waals surface area contributed by atoms with E-state index < -0.39 is 0 Å². The number of nitrogens with one attached hydrogen (secondary N) is 2. The molecule has 26 heavy (non-hydrogen) atoms. The van der Waals surface area contributed by atoms with Gasteiger partial charge < -0.3 is 20.1 Å². The van der Waals surface area contributed by atoms with Gasteiger partial charge in [0.2, 0.25) is 5.91 Å². The molecule has 6 nitrogen and oxygen atoms in total. The number of ether oxygens (including phenoxy) is 2. The van der Waals surface area contributed by atoms with E-state index in [9.17, 15) is 9.59 Å². The van der Waals surface area contributed by atoms with Crippen molar-refractivity contribution in [3.63, 3.8) is 0 Å². The Hall–Kier alpha value is -2.67. The number of hydrogen-bond donors (Lipinski definition) is 2. The molecule has 0 aromatic heterocycles. The SMILES string of the molecule is COc1cc(C)c(NC(=O)c2ccc3c(c2)NC(=O)[C@@H](C)S3)cc1OC. The minimum Gasteiger partial charge on any atom is -0.493 e. The van der Waals surface area contributed by atoms with Crippen molar-refractivity contribution >= 4 is 35.0 Å². The number of rotatable bonds is 4. The van der Waals surface area contributed by atoms with Crippen LogP contribution in [-0.4, -0.2) is 31.3 Å². The number of anilines is 2. The molecule has 2 aromatic rings. The molecule has 1 aliphatic heterocycles. The molecular weight excluding hydrogens is 352 g/mol. The molecule has 3 rings (SSSR count). The first-order valence-electron chi connectivity index (χ1n) is 8.08.